The van der Waals surface area contributed by atoms with Gasteiger partial charge in [-0.15, -0.1) is 0 Å². The van der Waals surface area contributed by atoms with Crippen LogP contribution in [0, 0.1) is 5.92 Å². The minimum atomic E-state index is 0.226. The van der Waals surface area contributed by atoms with Gasteiger partial charge in [0.15, 0.2) is 0 Å². The zero-order valence-electron chi connectivity index (χ0n) is 13.9. The van der Waals surface area contributed by atoms with Crippen molar-refractivity contribution >= 4 is 17.5 Å². The quantitative estimate of drug-likeness (QED) is 0.902. The molecule has 1 aromatic carbocycles. The van der Waals surface area contributed by atoms with Gasteiger partial charge in [-0.2, -0.15) is 0 Å². The van der Waals surface area contributed by atoms with E-state index in [2.05, 4.69) is 17.0 Å². The van der Waals surface area contributed by atoms with Crippen molar-refractivity contribution in [2.45, 2.75) is 45.1 Å². The van der Waals surface area contributed by atoms with Crippen LogP contribution in [0.4, 0.5) is 0 Å². The average Bonchev–Trinajstić information content (AvgIpc) is 2.86. The number of nitrogens with zero attached hydrogens (tertiary/aromatic N) is 1. The van der Waals surface area contributed by atoms with E-state index in [-0.39, 0.29) is 5.92 Å². The molecule has 1 aromatic rings. The van der Waals surface area contributed by atoms with Crippen LogP contribution in [0.1, 0.15) is 44.1 Å². The first-order valence-electron chi connectivity index (χ1n) is 9.09. The van der Waals surface area contributed by atoms with Gasteiger partial charge in [-0.3, -0.25) is 4.79 Å². The van der Waals surface area contributed by atoms with Gasteiger partial charge in [-0.25, -0.2) is 0 Å². The molecule has 3 rings (SSSR count). The van der Waals surface area contributed by atoms with E-state index in [4.69, 9.17) is 11.6 Å². The van der Waals surface area contributed by atoms with Gasteiger partial charge in [0, 0.05) is 23.7 Å². The number of benzene rings is 1. The van der Waals surface area contributed by atoms with E-state index in [1.165, 1.54) is 42.7 Å². The molecule has 126 valence electrons. The van der Waals surface area contributed by atoms with Crippen molar-refractivity contribution in [2.75, 3.05) is 26.2 Å². The molecule has 1 N–H and O–H groups in total. The molecule has 1 amide bonds. The molecular weight excluding hydrogens is 308 g/mol. The second kappa shape index (κ2) is 8.16. The van der Waals surface area contributed by atoms with Crippen molar-refractivity contribution in [3.63, 3.8) is 0 Å². The number of halogens is 1. The fourth-order valence-electron chi connectivity index (χ4n) is 3.96. The number of hydrogen-bond acceptors (Lipinski definition) is 1. The first kappa shape index (κ1) is 16.8. The molecule has 2 atom stereocenters. The zero-order valence-corrected chi connectivity index (χ0v) is 14.7. The molecule has 2 saturated heterocycles. The van der Waals surface area contributed by atoms with Gasteiger partial charge in [0.25, 0.3) is 0 Å². The summed E-state index contributed by atoms with van der Waals surface area (Å²) in [4.78, 5) is 16.5. The molecule has 0 aliphatic carbocycles. The number of carbonyl (C=O) groups excluding carboxylic acids is 1. The lowest BCUT2D eigenvalue weighted by atomic mass is 9.96. The molecule has 2 aliphatic rings. The molecule has 3 nitrogen and oxygen atoms in total. The fourth-order valence-corrected chi connectivity index (χ4v) is 4.09. The lowest BCUT2D eigenvalue weighted by Gasteiger charge is -2.32. The molecule has 2 unspecified atom stereocenters. The third-order valence-electron chi connectivity index (χ3n) is 5.25. The maximum atomic E-state index is 12.8. The second-order valence-electron chi connectivity index (χ2n) is 7.09. The van der Waals surface area contributed by atoms with E-state index < -0.39 is 0 Å². The molecule has 2 fully saturated rings. The molecule has 23 heavy (non-hydrogen) atoms. The number of piperidine rings is 1. The van der Waals surface area contributed by atoms with Crippen LogP contribution in [0.25, 0.3) is 0 Å². The normalized spacial score (nSPS) is 25.9. The summed E-state index contributed by atoms with van der Waals surface area (Å²) < 4.78 is 0. The highest BCUT2D eigenvalue weighted by molar-refractivity contribution is 6.30. The van der Waals surface area contributed by atoms with Gasteiger partial charge >= 0.3 is 0 Å². The van der Waals surface area contributed by atoms with Crippen LogP contribution >= 0.6 is 11.6 Å². The highest BCUT2D eigenvalue weighted by Gasteiger charge is 2.31. The van der Waals surface area contributed by atoms with Crippen molar-refractivity contribution in [2.24, 2.45) is 5.92 Å². The number of nitrogens with one attached hydrogen (secondary N) is 1. The number of carbonyl (C=O) groups is 1. The van der Waals surface area contributed by atoms with Gasteiger partial charge in [0.2, 0.25) is 5.91 Å². The summed E-state index contributed by atoms with van der Waals surface area (Å²) in [6, 6.07) is 8.13. The summed E-state index contributed by atoms with van der Waals surface area (Å²) in [6.07, 6.45) is 7.15. The van der Waals surface area contributed by atoms with Crippen LogP contribution in [0.5, 0.6) is 0 Å². The van der Waals surface area contributed by atoms with Crippen LogP contribution in [0.3, 0.4) is 0 Å². The monoisotopic (exact) mass is 335 g/mol. The van der Waals surface area contributed by atoms with E-state index in [0.717, 1.165) is 44.0 Å². The van der Waals surface area contributed by atoms with Gasteiger partial charge in [0.05, 0.1) is 19.0 Å². The number of quaternary nitrogens is 1. The van der Waals surface area contributed by atoms with Gasteiger partial charge < -0.3 is 9.80 Å². The molecule has 0 spiro atoms. The molecule has 4 heteroatoms. The molecule has 0 aromatic heterocycles. The summed E-state index contributed by atoms with van der Waals surface area (Å²) in [5, 5.41) is 0.789. The van der Waals surface area contributed by atoms with Crippen molar-refractivity contribution in [3.05, 3.63) is 34.9 Å². The maximum absolute atomic E-state index is 12.8. The summed E-state index contributed by atoms with van der Waals surface area (Å²) in [6.45, 7) is 5.11. The number of likely N-dealkylation sites (tertiary alicyclic amines) is 2. The van der Waals surface area contributed by atoms with Crippen LogP contribution < -0.4 is 4.90 Å². The third-order valence-corrected chi connectivity index (χ3v) is 5.50. The summed E-state index contributed by atoms with van der Waals surface area (Å²) in [7, 11) is 0. The van der Waals surface area contributed by atoms with Crippen LogP contribution in [0.15, 0.2) is 24.3 Å². The number of hydrogen-bond donors (Lipinski definition) is 1. The second-order valence-corrected chi connectivity index (χ2v) is 7.52. The Hall–Kier alpha value is -1.06. The van der Waals surface area contributed by atoms with E-state index in [1.807, 2.05) is 12.1 Å². The Morgan fingerprint density at radius 1 is 1.09 bits per heavy atom. The van der Waals surface area contributed by atoms with Crippen LogP contribution in [-0.4, -0.2) is 37.0 Å². The van der Waals surface area contributed by atoms with E-state index in [9.17, 15) is 4.79 Å². The standard InChI is InChI=1S/C19H27ClN2O/c20-18-9-7-16(8-10-18)14-21-11-5-6-17(15-21)19(23)22-12-3-1-2-4-13-22/h7-10,17H,1-6,11-15H2/p+1. The Kier molecular flexibility index (Phi) is 5.96. The van der Waals surface area contributed by atoms with E-state index in [0.29, 0.717) is 5.91 Å². The molecule has 2 heterocycles. The molecule has 0 bridgehead atoms. The molecule has 0 saturated carbocycles. The first-order chi connectivity index (χ1) is 11.2. The largest absolute Gasteiger partial charge is 0.342 e. The van der Waals surface area contributed by atoms with Crippen molar-refractivity contribution < 1.29 is 9.69 Å². The highest BCUT2D eigenvalue weighted by Crippen LogP contribution is 2.17. The zero-order chi connectivity index (χ0) is 16.1. The van der Waals surface area contributed by atoms with Crippen LogP contribution in [-0.2, 0) is 11.3 Å². The minimum Gasteiger partial charge on any atom is -0.342 e. The Bertz CT molecular complexity index is 509. The summed E-state index contributed by atoms with van der Waals surface area (Å²) in [5.41, 5.74) is 1.31. The molecule has 0 radical (unpaired) electrons. The SMILES string of the molecule is O=C(C1CCC[NH+](Cc2ccc(Cl)cc2)C1)N1CCCCCC1. The van der Waals surface area contributed by atoms with E-state index >= 15 is 0 Å². The maximum Gasteiger partial charge on any atom is 0.231 e. The predicted octanol–water partition coefficient (Wildman–Crippen LogP) is 2.54. The summed E-state index contributed by atoms with van der Waals surface area (Å²) in [5.74, 6) is 0.643. The topological polar surface area (TPSA) is 24.8 Å². The average molecular weight is 336 g/mol. The Labute approximate surface area is 144 Å². The van der Waals surface area contributed by atoms with Crippen molar-refractivity contribution in [1.82, 2.24) is 4.90 Å². The van der Waals surface area contributed by atoms with Crippen molar-refractivity contribution in [1.29, 1.82) is 0 Å². The van der Waals surface area contributed by atoms with Crippen LogP contribution in [0.2, 0.25) is 5.02 Å². The van der Waals surface area contributed by atoms with Gasteiger partial charge in [-0.1, -0.05) is 36.6 Å². The molecule has 2 aliphatic heterocycles. The highest BCUT2D eigenvalue weighted by atomic mass is 35.5. The smallest absolute Gasteiger partial charge is 0.231 e. The lowest BCUT2D eigenvalue weighted by Crippen LogP contribution is -3.12. The number of rotatable bonds is 3. The van der Waals surface area contributed by atoms with E-state index in [1.54, 1.807) is 0 Å². The fraction of sp³-hybridized carbons (Fsp3) is 0.632. The van der Waals surface area contributed by atoms with Gasteiger partial charge in [0.1, 0.15) is 6.54 Å². The minimum absolute atomic E-state index is 0.226. The Morgan fingerprint density at radius 2 is 1.78 bits per heavy atom. The van der Waals surface area contributed by atoms with Crippen molar-refractivity contribution in [3.8, 4) is 0 Å². The first-order valence-corrected chi connectivity index (χ1v) is 9.47. The van der Waals surface area contributed by atoms with Gasteiger partial charge in [-0.05, 0) is 37.8 Å². The predicted molar refractivity (Wildman–Crippen MR) is 93.6 cm³/mol. The summed E-state index contributed by atoms with van der Waals surface area (Å²) >= 11 is 5.96. The Balaban J connectivity index is 1.56. The molecular formula is C19H28ClN2O+. The lowest BCUT2D eigenvalue weighted by molar-refractivity contribution is -0.921. The third kappa shape index (κ3) is 4.71. The Morgan fingerprint density at radius 3 is 2.48 bits per heavy atom. The number of amides is 1.